The number of amides is 1. The number of unbranched alkanes of at least 4 members (excludes halogenated alkanes) is 18. The Morgan fingerprint density at radius 2 is 0.963 bits per heavy atom. The van der Waals surface area contributed by atoms with Crippen LogP contribution < -0.4 is 5.32 Å². The standard InChI is InChI=1S/C69H111NO10/c1-4-7-10-13-16-19-22-25-27-28-29-30-31-32-33-34-35-36-37-39-42-45-48-51-54-57-64(74)80-67-66(76)65(75)63(58-71)79-69(67)78-59-60(61(72)55-52-49-46-43-40-24-21-18-15-12-9-6-3)70-68(77)62(73)56-53-50-47-44-41-38-26-23-20-17-14-11-8-5-2/h7-8,10-11,14,16-17,19-20,23,25-27,29-30,32-33,35-36,38,41,44,52,55,60-63,65-67,69,71-73,75-76H,4-6,9,12-13,15,18,21-22,24,28,31,34,37,39-40,42-43,45-51,53-54,56-59H2,1-3H3,(H,70,77)/b10-7-,11-8+,17-14+,19-16-,23-20-,27-25-,30-29-,33-32-,36-35-,38-26-,44-41+,55-52+. The second kappa shape index (κ2) is 55.1. The zero-order chi connectivity index (χ0) is 58.2. The Labute approximate surface area is 485 Å². The van der Waals surface area contributed by atoms with Gasteiger partial charge in [-0.15, -0.1) is 0 Å². The zero-order valence-corrected chi connectivity index (χ0v) is 49.9. The van der Waals surface area contributed by atoms with Crippen molar-refractivity contribution in [1.82, 2.24) is 5.32 Å². The molecule has 0 aliphatic carbocycles. The molecule has 0 radical (unpaired) electrons. The van der Waals surface area contributed by atoms with Crippen LogP contribution in [0.5, 0.6) is 0 Å². The molecular weight excluding hydrogens is 1000 g/mol. The topological polar surface area (TPSA) is 175 Å². The van der Waals surface area contributed by atoms with Crippen LogP contribution in [0.1, 0.15) is 213 Å². The summed E-state index contributed by atoms with van der Waals surface area (Å²) in [5.74, 6) is -1.27. The molecule has 80 heavy (non-hydrogen) atoms. The first-order valence-corrected chi connectivity index (χ1v) is 31.2. The lowest BCUT2D eigenvalue weighted by molar-refractivity contribution is -0.305. The maximum absolute atomic E-state index is 13.4. The summed E-state index contributed by atoms with van der Waals surface area (Å²) in [6.45, 7) is 5.47. The fourth-order valence-electron chi connectivity index (χ4n) is 8.73. The fourth-order valence-corrected chi connectivity index (χ4v) is 8.73. The van der Waals surface area contributed by atoms with E-state index in [9.17, 15) is 35.1 Å². The third-order valence-electron chi connectivity index (χ3n) is 13.6. The maximum Gasteiger partial charge on any atom is 0.306 e. The number of rotatable bonds is 50. The molecule has 0 aromatic heterocycles. The monoisotopic (exact) mass is 1110 g/mol. The Morgan fingerprint density at radius 3 is 1.50 bits per heavy atom. The second-order valence-corrected chi connectivity index (χ2v) is 20.8. The molecule has 1 rings (SSSR count). The highest BCUT2D eigenvalue weighted by Crippen LogP contribution is 2.26. The molecule has 1 saturated heterocycles. The van der Waals surface area contributed by atoms with Crippen LogP contribution >= 0.6 is 0 Å². The number of nitrogens with one attached hydrogen (secondary N) is 1. The Hall–Kier alpha value is -4.46. The van der Waals surface area contributed by atoms with Crippen LogP contribution in [-0.4, -0.2) is 99.6 Å². The predicted octanol–water partition coefficient (Wildman–Crippen LogP) is 15.0. The molecule has 8 atom stereocenters. The number of carbonyl (C=O) groups is 2. The van der Waals surface area contributed by atoms with E-state index in [0.29, 0.717) is 12.8 Å². The number of esters is 1. The van der Waals surface area contributed by atoms with Crippen molar-refractivity contribution in [2.24, 2.45) is 0 Å². The number of ether oxygens (including phenoxy) is 3. The molecule has 0 aromatic carbocycles. The number of aliphatic hydroxyl groups is 5. The second-order valence-electron chi connectivity index (χ2n) is 20.8. The summed E-state index contributed by atoms with van der Waals surface area (Å²) in [5, 5.41) is 56.9. The van der Waals surface area contributed by atoms with Gasteiger partial charge < -0.3 is 45.1 Å². The highest BCUT2D eigenvalue weighted by atomic mass is 16.7. The first kappa shape index (κ1) is 73.6. The van der Waals surface area contributed by atoms with Crippen molar-refractivity contribution < 1.29 is 49.3 Å². The van der Waals surface area contributed by atoms with Gasteiger partial charge in [0.1, 0.15) is 24.4 Å². The van der Waals surface area contributed by atoms with E-state index in [4.69, 9.17) is 14.2 Å². The molecule has 0 bridgehead atoms. The fraction of sp³-hybridized carbons (Fsp3) is 0.623. The van der Waals surface area contributed by atoms with Crippen LogP contribution in [-0.2, 0) is 23.8 Å². The van der Waals surface area contributed by atoms with Crippen molar-refractivity contribution in [1.29, 1.82) is 0 Å². The van der Waals surface area contributed by atoms with Crippen LogP contribution in [0, 0.1) is 0 Å². The molecule has 0 spiro atoms. The van der Waals surface area contributed by atoms with Gasteiger partial charge in [-0.3, -0.25) is 9.59 Å². The van der Waals surface area contributed by atoms with E-state index in [1.54, 1.807) is 6.08 Å². The minimum atomic E-state index is -1.64. The van der Waals surface area contributed by atoms with Crippen molar-refractivity contribution in [2.75, 3.05) is 13.2 Å². The predicted molar refractivity (Wildman–Crippen MR) is 333 cm³/mol. The molecule has 0 aromatic rings. The highest BCUT2D eigenvalue weighted by Gasteiger charge is 2.47. The van der Waals surface area contributed by atoms with E-state index in [0.717, 1.165) is 122 Å². The van der Waals surface area contributed by atoms with E-state index in [2.05, 4.69) is 105 Å². The minimum absolute atomic E-state index is 0.0910. The van der Waals surface area contributed by atoms with Crippen LogP contribution in [0.3, 0.4) is 0 Å². The summed E-state index contributed by atoms with van der Waals surface area (Å²) in [4.78, 5) is 26.5. The van der Waals surface area contributed by atoms with E-state index in [-0.39, 0.29) is 19.4 Å². The van der Waals surface area contributed by atoms with E-state index < -0.39 is 67.4 Å². The highest BCUT2D eigenvalue weighted by molar-refractivity contribution is 5.80. The molecule has 6 N–H and O–H groups in total. The van der Waals surface area contributed by atoms with Gasteiger partial charge in [-0.25, -0.2) is 0 Å². The lowest BCUT2D eigenvalue weighted by Gasteiger charge is -2.41. The van der Waals surface area contributed by atoms with Crippen molar-refractivity contribution in [2.45, 2.75) is 262 Å². The van der Waals surface area contributed by atoms with E-state index >= 15 is 0 Å². The molecule has 11 nitrogen and oxygen atoms in total. The number of allylic oxidation sites excluding steroid dienone is 23. The molecule has 1 heterocycles. The molecule has 1 fully saturated rings. The van der Waals surface area contributed by atoms with Crippen LogP contribution in [0.2, 0.25) is 0 Å². The summed E-state index contributed by atoms with van der Waals surface area (Å²) in [5.41, 5.74) is 0. The van der Waals surface area contributed by atoms with Crippen molar-refractivity contribution >= 4 is 11.9 Å². The molecule has 1 aliphatic rings. The first-order chi connectivity index (χ1) is 39.2. The number of carbonyl (C=O) groups excluding carboxylic acids is 2. The average molecular weight is 1110 g/mol. The molecular formula is C69H111NO10. The summed E-state index contributed by atoms with van der Waals surface area (Å²) < 4.78 is 17.6. The summed E-state index contributed by atoms with van der Waals surface area (Å²) >= 11 is 0. The van der Waals surface area contributed by atoms with Gasteiger partial charge in [0.05, 0.1) is 25.4 Å². The van der Waals surface area contributed by atoms with Gasteiger partial charge in [0.2, 0.25) is 5.91 Å². The quantitative estimate of drug-likeness (QED) is 0.0149. The van der Waals surface area contributed by atoms with Gasteiger partial charge in [0, 0.05) is 6.42 Å². The average Bonchev–Trinajstić information content (AvgIpc) is 3.46. The first-order valence-electron chi connectivity index (χ1n) is 31.2. The van der Waals surface area contributed by atoms with Crippen molar-refractivity contribution in [3.05, 3.63) is 146 Å². The van der Waals surface area contributed by atoms with Gasteiger partial charge in [0.25, 0.3) is 0 Å². The minimum Gasteiger partial charge on any atom is -0.454 e. The Bertz CT molecular complexity index is 1850. The summed E-state index contributed by atoms with van der Waals surface area (Å²) in [7, 11) is 0. The number of aliphatic hydroxyl groups excluding tert-OH is 5. The smallest absolute Gasteiger partial charge is 0.306 e. The molecule has 0 saturated carbocycles. The molecule has 11 heteroatoms. The van der Waals surface area contributed by atoms with Crippen LogP contribution in [0.4, 0.5) is 0 Å². The van der Waals surface area contributed by atoms with Gasteiger partial charge >= 0.3 is 5.97 Å². The maximum atomic E-state index is 13.4. The molecule has 1 amide bonds. The number of hydrogen-bond donors (Lipinski definition) is 6. The van der Waals surface area contributed by atoms with Gasteiger partial charge in [-0.2, -0.15) is 0 Å². The normalized spacial score (nSPS) is 19.8. The summed E-state index contributed by atoms with van der Waals surface area (Å²) in [6.07, 6.45) is 68.8. The van der Waals surface area contributed by atoms with Crippen molar-refractivity contribution in [3.8, 4) is 0 Å². The van der Waals surface area contributed by atoms with Gasteiger partial charge in [-0.05, 0) is 96.3 Å². The van der Waals surface area contributed by atoms with Gasteiger partial charge in [-0.1, -0.05) is 256 Å². The third-order valence-corrected chi connectivity index (χ3v) is 13.6. The summed E-state index contributed by atoms with van der Waals surface area (Å²) in [6, 6.07) is -1.06. The van der Waals surface area contributed by atoms with Gasteiger partial charge in [0.15, 0.2) is 12.4 Å². The molecule has 8 unspecified atom stereocenters. The van der Waals surface area contributed by atoms with Crippen molar-refractivity contribution in [3.63, 3.8) is 0 Å². The van der Waals surface area contributed by atoms with Crippen LogP contribution in [0.25, 0.3) is 0 Å². The lowest BCUT2D eigenvalue weighted by Crippen LogP contribution is -2.61. The van der Waals surface area contributed by atoms with E-state index in [1.807, 2.05) is 60.8 Å². The lowest BCUT2D eigenvalue weighted by atomic mass is 9.99. The Morgan fingerprint density at radius 1 is 0.512 bits per heavy atom. The number of hydrogen-bond acceptors (Lipinski definition) is 10. The van der Waals surface area contributed by atoms with E-state index in [1.165, 1.54) is 44.9 Å². The Kier molecular flexibility index (Phi) is 50.7. The Balaban J connectivity index is 2.68. The molecule has 452 valence electrons. The SMILES string of the molecule is CC/C=C\C/C=C\C/C=C\C/C=C\C/C=C\C/C=C\CCCCCCCCC(=O)OC1C(OCC(NC(=O)C(O)CCCC/C=C/C=C\C=C/C=C/C=C/CC)C(O)/C=C/CCCCCCCCCCCC)OC(CO)C(O)C1O. The third kappa shape index (κ3) is 42.4. The largest absolute Gasteiger partial charge is 0.454 e. The molecule has 1 aliphatic heterocycles. The zero-order valence-electron chi connectivity index (χ0n) is 49.9. The van der Waals surface area contributed by atoms with Crippen LogP contribution in [0.15, 0.2) is 146 Å².